The van der Waals surface area contributed by atoms with Gasteiger partial charge in [0.1, 0.15) is 12.1 Å². The lowest BCUT2D eigenvalue weighted by atomic mass is 10.2. The number of pyridine rings is 1. The number of nitrogens with one attached hydrogen (secondary N) is 2. The predicted molar refractivity (Wildman–Crippen MR) is 107 cm³/mol. The SMILES string of the molecule is CCOC(=O)c1ccccc1Nc1ncnc(Nc2ccc(Cl)cn2)c1[N+](=O)[O-]. The maximum atomic E-state index is 12.1. The summed E-state index contributed by atoms with van der Waals surface area (Å²) in [5.74, 6) is -0.417. The summed E-state index contributed by atoms with van der Waals surface area (Å²) in [6, 6.07) is 9.60. The molecule has 3 rings (SSSR count). The molecule has 0 aliphatic rings. The maximum absolute atomic E-state index is 12.1. The van der Waals surface area contributed by atoms with Crippen LogP contribution in [0.15, 0.2) is 48.9 Å². The van der Waals surface area contributed by atoms with Gasteiger partial charge in [0.25, 0.3) is 0 Å². The van der Waals surface area contributed by atoms with E-state index in [2.05, 4.69) is 25.6 Å². The van der Waals surface area contributed by atoms with E-state index < -0.39 is 16.6 Å². The summed E-state index contributed by atoms with van der Waals surface area (Å²) in [5, 5.41) is 17.7. The quantitative estimate of drug-likeness (QED) is 0.333. The van der Waals surface area contributed by atoms with E-state index in [9.17, 15) is 14.9 Å². The van der Waals surface area contributed by atoms with E-state index in [0.29, 0.717) is 16.5 Å². The van der Waals surface area contributed by atoms with Crippen molar-refractivity contribution in [2.75, 3.05) is 17.2 Å². The second-order valence-corrected chi connectivity index (χ2v) is 5.99. The summed E-state index contributed by atoms with van der Waals surface area (Å²) in [6.07, 6.45) is 2.55. The summed E-state index contributed by atoms with van der Waals surface area (Å²) < 4.78 is 5.02. The number of hydrogen-bond acceptors (Lipinski definition) is 9. The number of para-hydroxylation sites is 1. The van der Waals surface area contributed by atoms with Crippen molar-refractivity contribution in [2.24, 2.45) is 0 Å². The second kappa shape index (κ2) is 8.93. The highest BCUT2D eigenvalue weighted by Crippen LogP contribution is 2.33. The van der Waals surface area contributed by atoms with Crippen molar-refractivity contribution < 1.29 is 14.5 Å². The Morgan fingerprint density at radius 1 is 1.14 bits per heavy atom. The first-order chi connectivity index (χ1) is 14.0. The number of anilines is 4. The van der Waals surface area contributed by atoms with Crippen molar-refractivity contribution >= 4 is 46.4 Å². The number of nitro groups is 1. The molecule has 0 radical (unpaired) electrons. The zero-order valence-electron chi connectivity index (χ0n) is 15.1. The summed E-state index contributed by atoms with van der Waals surface area (Å²) in [4.78, 5) is 35.2. The molecule has 0 saturated carbocycles. The number of esters is 1. The lowest BCUT2D eigenvalue weighted by Gasteiger charge is -2.12. The molecule has 2 N–H and O–H groups in total. The van der Waals surface area contributed by atoms with Gasteiger partial charge >= 0.3 is 11.7 Å². The summed E-state index contributed by atoms with van der Waals surface area (Å²) in [7, 11) is 0. The summed E-state index contributed by atoms with van der Waals surface area (Å²) >= 11 is 5.80. The third-order valence-electron chi connectivity index (χ3n) is 3.65. The Bertz CT molecular complexity index is 1040. The van der Waals surface area contributed by atoms with Gasteiger partial charge in [0.15, 0.2) is 0 Å². The largest absolute Gasteiger partial charge is 0.462 e. The first kappa shape index (κ1) is 20.0. The highest BCUT2D eigenvalue weighted by atomic mass is 35.5. The molecule has 2 aromatic heterocycles. The van der Waals surface area contributed by atoms with E-state index in [1.54, 1.807) is 43.3 Å². The van der Waals surface area contributed by atoms with Crippen LogP contribution in [-0.4, -0.2) is 32.5 Å². The Labute approximate surface area is 170 Å². The zero-order chi connectivity index (χ0) is 20.8. The minimum Gasteiger partial charge on any atom is -0.462 e. The van der Waals surface area contributed by atoms with Gasteiger partial charge in [-0.1, -0.05) is 23.7 Å². The van der Waals surface area contributed by atoms with Gasteiger partial charge in [0.05, 0.1) is 27.8 Å². The summed E-state index contributed by atoms with van der Waals surface area (Å²) in [5.41, 5.74) is 0.113. The number of carbonyl (C=O) groups excluding carboxylic acids is 1. The molecule has 0 unspecified atom stereocenters. The number of ether oxygens (including phenoxy) is 1. The van der Waals surface area contributed by atoms with Crippen LogP contribution in [0.25, 0.3) is 0 Å². The molecular weight excluding hydrogens is 400 g/mol. The average molecular weight is 415 g/mol. The molecule has 0 spiro atoms. The molecule has 0 bridgehead atoms. The van der Waals surface area contributed by atoms with E-state index in [4.69, 9.17) is 16.3 Å². The van der Waals surface area contributed by atoms with Crippen LogP contribution < -0.4 is 10.6 Å². The van der Waals surface area contributed by atoms with E-state index in [1.165, 1.54) is 6.20 Å². The Morgan fingerprint density at radius 2 is 1.86 bits per heavy atom. The number of halogens is 1. The van der Waals surface area contributed by atoms with Gasteiger partial charge < -0.3 is 15.4 Å². The third kappa shape index (κ3) is 4.74. The van der Waals surface area contributed by atoms with Gasteiger partial charge in [-0.05, 0) is 31.2 Å². The highest BCUT2D eigenvalue weighted by molar-refractivity contribution is 6.30. The fourth-order valence-electron chi connectivity index (χ4n) is 2.41. The molecule has 29 heavy (non-hydrogen) atoms. The first-order valence-electron chi connectivity index (χ1n) is 8.40. The predicted octanol–water partition coefficient (Wildman–Crippen LogP) is 4.10. The number of hydrogen-bond donors (Lipinski definition) is 2. The van der Waals surface area contributed by atoms with Crippen molar-refractivity contribution in [3.05, 3.63) is 69.6 Å². The number of carbonyl (C=O) groups is 1. The van der Waals surface area contributed by atoms with Crippen LogP contribution in [0, 0.1) is 10.1 Å². The van der Waals surface area contributed by atoms with E-state index in [-0.39, 0.29) is 23.8 Å². The molecule has 0 amide bonds. The smallest absolute Gasteiger partial charge is 0.353 e. The van der Waals surface area contributed by atoms with Crippen molar-refractivity contribution in [3.63, 3.8) is 0 Å². The highest BCUT2D eigenvalue weighted by Gasteiger charge is 2.25. The second-order valence-electron chi connectivity index (χ2n) is 5.55. The van der Waals surface area contributed by atoms with Gasteiger partial charge in [-0.15, -0.1) is 0 Å². The lowest BCUT2D eigenvalue weighted by molar-refractivity contribution is -0.383. The Balaban J connectivity index is 1.98. The zero-order valence-corrected chi connectivity index (χ0v) is 15.9. The molecule has 148 valence electrons. The Kier molecular flexibility index (Phi) is 6.15. The fraction of sp³-hybridized carbons (Fsp3) is 0.111. The summed E-state index contributed by atoms with van der Waals surface area (Å²) in [6.45, 7) is 1.88. The molecule has 3 aromatic rings. The van der Waals surface area contributed by atoms with Crippen molar-refractivity contribution in [3.8, 4) is 0 Å². The standard InChI is InChI=1S/C18H15ClN6O4/c1-2-29-18(26)12-5-3-4-6-13(12)23-16-15(25(27)28)17(22-10-21-16)24-14-8-7-11(19)9-20-14/h3-10H,2H2,1H3,(H2,20,21,22,23,24). The van der Waals surface area contributed by atoms with Gasteiger partial charge in [0.2, 0.25) is 11.6 Å². The van der Waals surface area contributed by atoms with Crippen molar-refractivity contribution in [1.82, 2.24) is 15.0 Å². The molecule has 11 heteroatoms. The topological polar surface area (TPSA) is 132 Å². The van der Waals surface area contributed by atoms with Gasteiger partial charge in [0, 0.05) is 6.20 Å². The van der Waals surface area contributed by atoms with Gasteiger partial charge in [-0.25, -0.2) is 19.7 Å². The van der Waals surface area contributed by atoms with Crippen molar-refractivity contribution in [1.29, 1.82) is 0 Å². The molecule has 2 heterocycles. The molecule has 0 atom stereocenters. The molecular formula is C18H15ClN6O4. The van der Waals surface area contributed by atoms with Crippen molar-refractivity contribution in [2.45, 2.75) is 6.92 Å². The normalized spacial score (nSPS) is 10.3. The minimum atomic E-state index is -0.631. The maximum Gasteiger partial charge on any atom is 0.353 e. The van der Waals surface area contributed by atoms with E-state index >= 15 is 0 Å². The Morgan fingerprint density at radius 3 is 2.52 bits per heavy atom. The van der Waals surface area contributed by atoms with Crippen LogP contribution in [-0.2, 0) is 4.74 Å². The van der Waals surface area contributed by atoms with Crippen LogP contribution in [0.2, 0.25) is 5.02 Å². The van der Waals surface area contributed by atoms with Crippen LogP contribution in [0.5, 0.6) is 0 Å². The number of benzene rings is 1. The molecule has 10 nitrogen and oxygen atoms in total. The first-order valence-corrected chi connectivity index (χ1v) is 8.78. The Hall–Kier alpha value is -3.79. The monoisotopic (exact) mass is 414 g/mol. The van der Waals surface area contributed by atoms with Crippen LogP contribution >= 0.6 is 11.6 Å². The van der Waals surface area contributed by atoms with Crippen LogP contribution in [0.4, 0.5) is 28.8 Å². The number of nitrogens with zero attached hydrogens (tertiary/aromatic N) is 4. The molecule has 0 aliphatic carbocycles. The van der Waals surface area contributed by atoms with E-state index in [0.717, 1.165) is 6.33 Å². The van der Waals surface area contributed by atoms with Crippen LogP contribution in [0.3, 0.4) is 0 Å². The molecule has 0 saturated heterocycles. The average Bonchev–Trinajstić information content (AvgIpc) is 2.70. The van der Waals surface area contributed by atoms with Gasteiger partial charge in [-0.2, -0.15) is 0 Å². The van der Waals surface area contributed by atoms with E-state index in [1.807, 2.05) is 0 Å². The minimum absolute atomic E-state index is 0.0732. The van der Waals surface area contributed by atoms with Crippen LogP contribution in [0.1, 0.15) is 17.3 Å². The molecule has 0 fully saturated rings. The molecule has 0 aliphatic heterocycles. The van der Waals surface area contributed by atoms with Gasteiger partial charge in [-0.3, -0.25) is 10.1 Å². The third-order valence-corrected chi connectivity index (χ3v) is 3.88. The fourth-order valence-corrected chi connectivity index (χ4v) is 2.52. The number of rotatable bonds is 7. The number of aromatic nitrogens is 3. The molecule has 1 aromatic carbocycles. The lowest BCUT2D eigenvalue weighted by Crippen LogP contribution is -2.10.